The lowest BCUT2D eigenvalue weighted by Gasteiger charge is -2.10. The molecule has 1 N–H and O–H groups in total. The molecule has 0 spiro atoms. The van der Waals surface area contributed by atoms with Crippen LogP contribution in [0.3, 0.4) is 0 Å². The Hall–Kier alpha value is -2.10. The van der Waals surface area contributed by atoms with Crippen LogP contribution in [0, 0.1) is 17.0 Å². The van der Waals surface area contributed by atoms with E-state index >= 15 is 0 Å². The summed E-state index contributed by atoms with van der Waals surface area (Å²) in [6.07, 6.45) is 1.46. The number of nitro benzene ring substituents is 1. The van der Waals surface area contributed by atoms with E-state index in [9.17, 15) is 18.5 Å². The first-order chi connectivity index (χ1) is 10.3. The molecule has 2 aromatic rings. The predicted octanol–water partition coefficient (Wildman–Crippen LogP) is 2.25. The van der Waals surface area contributed by atoms with Crippen LogP contribution >= 0.6 is 10.7 Å². The zero-order valence-electron chi connectivity index (χ0n) is 11.6. The van der Waals surface area contributed by atoms with Gasteiger partial charge in [-0.3, -0.25) is 10.1 Å². The number of rotatable bonds is 5. The number of pyridine rings is 1. The largest absolute Gasteiger partial charge is 0.269 e. The Morgan fingerprint density at radius 1 is 1.23 bits per heavy atom. The number of aryl methyl sites for hydroxylation is 1. The molecular formula is C13H13N3O4S2. The highest BCUT2D eigenvalue weighted by Crippen LogP contribution is 2.25. The maximum atomic E-state index is 12.2. The van der Waals surface area contributed by atoms with Crippen molar-refractivity contribution in [1.29, 1.82) is 0 Å². The van der Waals surface area contributed by atoms with E-state index in [1.54, 1.807) is 13.0 Å². The maximum absolute atomic E-state index is 12.2. The first kappa shape index (κ1) is 16.3. The third kappa shape index (κ3) is 3.75. The SMILES string of the molecule is C=S(NS(=O)(=O)c1ccc(C)cn1)c1ccc([N+](=O)[O-])cc1. The minimum absolute atomic E-state index is 0.0659. The van der Waals surface area contributed by atoms with Gasteiger partial charge < -0.3 is 0 Å². The second-order valence-electron chi connectivity index (χ2n) is 4.40. The summed E-state index contributed by atoms with van der Waals surface area (Å²) >= 11 is 0. The highest BCUT2D eigenvalue weighted by molar-refractivity contribution is 8.19. The number of sulfonamides is 1. The molecule has 0 fully saturated rings. The van der Waals surface area contributed by atoms with Crippen LogP contribution in [-0.4, -0.2) is 24.2 Å². The summed E-state index contributed by atoms with van der Waals surface area (Å²) in [7, 11) is -4.88. The van der Waals surface area contributed by atoms with Gasteiger partial charge in [-0.1, -0.05) is 22.6 Å². The van der Waals surface area contributed by atoms with Gasteiger partial charge in [0.05, 0.1) is 4.92 Å². The van der Waals surface area contributed by atoms with Crippen LogP contribution in [0.5, 0.6) is 0 Å². The van der Waals surface area contributed by atoms with Gasteiger partial charge in [0.15, 0.2) is 5.03 Å². The van der Waals surface area contributed by atoms with Crippen molar-refractivity contribution >= 4 is 32.3 Å². The number of aromatic nitrogens is 1. The van der Waals surface area contributed by atoms with Crippen molar-refractivity contribution in [2.45, 2.75) is 16.8 Å². The predicted molar refractivity (Wildman–Crippen MR) is 85.4 cm³/mol. The van der Waals surface area contributed by atoms with Gasteiger partial charge in [0.1, 0.15) is 0 Å². The lowest BCUT2D eigenvalue weighted by atomic mass is 10.3. The van der Waals surface area contributed by atoms with E-state index in [-0.39, 0.29) is 10.7 Å². The zero-order chi connectivity index (χ0) is 16.3. The van der Waals surface area contributed by atoms with E-state index in [1.165, 1.54) is 36.5 Å². The van der Waals surface area contributed by atoms with Crippen molar-refractivity contribution in [3.63, 3.8) is 0 Å². The fraction of sp³-hybridized carbons (Fsp3) is 0.0769. The number of hydrogen-bond donors (Lipinski definition) is 1. The van der Waals surface area contributed by atoms with Crippen LogP contribution < -0.4 is 4.13 Å². The van der Waals surface area contributed by atoms with Gasteiger partial charge in [0, 0.05) is 23.2 Å². The monoisotopic (exact) mass is 339 g/mol. The summed E-state index contributed by atoms with van der Waals surface area (Å²) in [5.41, 5.74) is 0.784. The van der Waals surface area contributed by atoms with E-state index < -0.39 is 25.6 Å². The Balaban J connectivity index is 2.20. The van der Waals surface area contributed by atoms with E-state index in [0.29, 0.717) is 4.90 Å². The lowest BCUT2D eigenvalue weighted by Crippen LogP contribution is -2.19. The molecule has 22 heavy (non-hydrogen) atoms. The number of nitrogens with zero attached hydrogens (tertiary/aromatic N) is 2. The molecule has 9 heteroatoms. The fourth-order valence-corrected chi connectivity index (χ4v) is 4.26. The highest BCUT2D eigenvalue weighted by Gasteiger charge is 2.17. The van der Waals surface area contributed by atoms with Crippen LogP contribution in [0.2, 0.25) is 0 Å². The minimum Gasteiger partial charge on any atom is -0.258 e. The summed E-state index contributed by atoms with van der Waals surface area (Å²) < 4.78 is 26.8. The van der Waals surface area contributed by atoms with E-state index in [0.717, 1.165) is 5.56 Å². The molecule has 1 aromatic heterocycles. The first-order valence-electron chi connectivity index (χ1n) is 6.03. The molecule has 0 radical (unpaired) electrons. The van der Waals surface area contributed by atoms with Gasteiger partial charge in [-0.05, 0) is 30.7 Å². The molecule has 1 atom stereocenters. The Morgan fingerprint density at radius 3 is 2.36 bits per heavy atom. The number of non-ortho nitro benzene ring substituents is 1. The minimum atomic E-state index is -3.80. The first-order valence-corrected chi connectivity index (χ1v) is 8.91. The smallest absolute Gasteiger partial charge is 0.258 e. The van der Waals surface area contributed by atoms with Crippen molar-refractivity contribution in [3.8, 4) is 0 Å². The van der Waals surface area contributed by atoms with Crippen LogP contribution in [0.15, 0.2) is 52.5 Å². The molecule has 0 amide bonds. The Morgan fingerprint density at radius 2 is 1.86 bits per heavy atom. The highest BCUT2D eigenvalue weighted by atomic mass is 32.3. The van der Waals surface area contributed by atoms with Gasteiger partial charge in [0.25, 0.3) is 15.7 Å². The van der Waals surface area contributed by atoms with Crippen molar-refractivity contribution < 1.29 is 13.3 Å². The van der Waals surface area contributed by atoms with Crippen molar-refractivity contribution in [3.05, 3.63) is 58.3 Å². The average Bonchev–Trinajstić information content (AvgIpc) is 2.47. The standard InChI is InChI=1S/C13H13N3O4S2/c1-10-3-8-13(14-9-10)22(19,20)15-21(2)12-6-4-11(5-7-12)16(17)18/h3-9,15H,2H2,1H3. The molecule has 0 saturated carbocycles. The summed E-state index contributed by atoms with van der Waals surface area (Å²) in [6, 6.07) is 8.61. The third-order valence-electron chi connectivity index (χ3n) is 2.70. The zero-order valence-corrected chi connectivity index (χ0v) is 13.2. The third-order valence-corrected chi connectivity index (χ3v) is 6.02. The Bertz CT molecular complexity index is 815. The number of nitrogens with one attached hydrogen (secondary N) is 1. The van der Waals surface area contributed by atoms with Gasteiger partial charge >= 0.3 is 0 Å². The van der Waals surface area contributed by atoms with Crippen molar-refractivity contribution in [1.82, 2.24) is 9.11 Å². The van der Waals surface area contributed by atoms with Crippen LogP contribution in [-0.2, 0) is 10.0 Å². The van der Waals surface area contributed by atoms with Crippen LogP contribution in [0.1, 0.15) is 5.56 Å². The maximum Gasteiger partial charge on any atom is 0.269 e. The van der Waals surface area contributed by atoms with E-state index in [2.05, 4.69) is 15.0 Å². The topological polar surface area (TPSA) is 102 Å². The number of hydrogen-bond acceptors (Lipinski definition) is 5. The Kier molecular flexibility index (Phi) is 4.69. The van der Waals surface area contributed by atoms with Gasteiger partial charge in [-0.2, -0.15) is 4.13 Å². The summed E-state index contributed by atoms with van der Waals surface area (Å²) in [5, 5.41) is 10.5. The van der Waals surface area contributed by atoms with Crippen LogP contribution in [0.4, 0.5) is 5.69 Å². The molecule has 0 saturated heterocycles. The van der Waals surface area contributed by atoms with Crippen molar-refractivity contribution in [2.24, 2.45) is 0 Å². The summed E-state index contributed by atoms with van der Waals surface area (Å²) in [5.74, 6) is 3.75. The molecule has 1 heterocycles. The number of nitro groups is 1. The second kappa shape index (κ2) is 6.34. The molecule has 1 aromatic carbocycles. The average molecular weight is 339 g/mol. The summed E-state index contributed by atoms with van der Waals surface area (Å²) in [4.78, 5) is 14.5. The lowest BCUT2D eigenvalue weighted by molar-refractivity contribution is -0.384. The fourth-order valence-electron chi connectivity index (χ4n) is 1.57. The molecule has 0 aliphatic heterocycles. The second-order valence-corrected chi connectivity index (χ2v) is 7.75. The molecule has 2 rings (SSSR count). The van der Waals surface area contributed by atoms with E-state index in [4.69, 9.17) is 0 Å². The molecule has 1 unspecified atom stereocenters. The molecule has 7 nitrogen and oxygen atoms in total. The molecular weight excluding hydrogens is 326 g/mol. The van der Waals surface area contributed by atoms with Gasteiger partial charge in [-0.25, -0.2) is 13.4 Å². The van der Waals surface area contributed by atoms with E-state index in [1.807, 2.05) is 0 Å². The van der Waals surface area contributed by atoms with Crippen LogP contribution in [0.25, 0.3) is 0 Å². The normalized spacial score (nSPS) is 12.8. The van der Waals surface area contributed by atoms with Gasteiger partial charge in [-0.15, -0.1) is 0 Å². The molecule has 0 aliphatic carbocycles. The molecule has 0 bridgehead atoms. The van der Waals surface area contributed by atoms with Gasteiger partial charge in [0.2, 0.25) is 0 Å². The molecule has 0 aliphatic rings. The quantitative estimate of drug-likeness (QED) is 0.511. The number of benzene rings is 1. The molecule has 116 valence electrons. The Labute approximate surface area is 130 Å². The summed E-state index contributed by atoms with van der Waals surface area (Å²) in [6.45, 7) is 1.81. The van der Waals surface area contributed by atoms with Crippen molar-refractivity contribution in [2.75, 3.05) is 0 Å².